The molecule has 1 aliphatic carbocycles. The zero-order chi connectivity index (χ0) is 22.1. The SMILES string of the molecule is COc1ccc(-c2cc(CN(Cc3ccc4c(c3)OCO4)C(=O)C3CC3)no2)c(OC)c1. The number of aromatic nitrogens is 1. The first kappa shape index (κ1) is 20.2. The van der Waals surface area contributed by atoms with Crippen LogP contribution in [0.3, 0.4) is 0 Å². The molecule has 1 aliphatic heterocycles. The Labute approximate surface area is 185 Å². The number of methoxy groups -OCH3 is 2. The van der Waals surface area contributed by atoms with Crippen LogP contribution in [0, 0.1) is 5.92 Å². The van der Waals surface area contributed by atoms with Gasteiger partial charge in [0.15, 0.2) is 17.3 Å². The Hall–Kier alpha value is -3.68. The number of ether oxygens (including phenoxy) is 4. The average molecular weight is 436 g/mol. The standard InChI is InChI=1S/C24H24N2O6/c1-28-18-6-7-19(21(11-18)29-2)22-10-17(25-32-22)13-26(24(27)16-4-5-16)12-15-3-8-20-23(9-15)31-14-30-20/h3,6-11,16H,4-5,12-14H2,1-2H3. The van der Waals surface area contributed by atoms with Gasteiger partial charge in [0.25, 0.3) is 0 Å². The fourth-order valence-electron chi connectivity index (χ4n) is 3.77. The van der Waals surface area contributed by atoms with Crippen LogP contribution in [0.5, 0.6) is 23.0 Å². The average Bonchev–Trinajstić information content (AvgIpc) is 3.39. The van der Waals surface area contributed by atoms with E-state index in [1.165, 1.54) is 0 Å². The molecule has 0 spiro atoms. The number of fused-ring (bicyclic) bond motifs is 1. The quantitative estimate of drug-likeness (QED) is 0.527. The van der Waals surface area contributed by atoms with Crippen LogP contribution in [0.2, 0.25) is 0 Å². The van der Waals surface area contributed by atoms with Gasteiger partial charge in [0.05, 0.1) is 26.3 Å². The number of nitrogens with zero attached hydrogens (tertiary/aromatic N) is 2. The first-order chi connectivity index (χ1) is 15.6. The molecule has 1 amide bonds. The van der Waals surface area contributed by atoms with E-state index >= 15 is 0 Å². The molecule has 2 aromatic carbocycles. The predicted octanol–water partition coefficient (Wildman–Crippen LogP) is 4.03. The molecule has 2 heterocycles. The summed E-state index contributed by atoms with van der Waals surface area (Å²) in [5.41, 5.74) is 2.42. The van der Waals surface area contributed by atoms with Gasteiger partial charge in [-0.05, 0) is 42.7 Å². The number of rotatable bonds is 8. The van der Waals surface area contributed by atoms with Gasteiger partial charge in [-0.1, -0.05) is 11.2 Å². The van der Waals surface area contributed by atoms with E-state index in [4.69, 9.17) is 23.5 Å². The van der Waals surface area contributed by atoms with Gasteiger partial charge in [0.1, 0.15) is 17.2 Å². The highest BCUT2D eigenvalue weighted by molar-refractivity contribution is 5.81. The lowest BCUT2D eigenvalue weighted by atomic mass is 10.1. The van der Waals surface area contributed by atoms with Crippen molar-refractivity contribution < 1.29 is 28.3 Å². The van der Waals surface area contributed by atoms with Crippen molar-refractivity contribution in [2.45, 2.75) is 25.9 Å². The minimum absolute atomic E-state index is 0.0945. The van der Waals surface area contributed by atoms with Crippen molar-refractivity contribution in [2.24, 2.45) is 5.92 Å². The molecule has 1 fully saturated rings. The summed E-state index contributed by atoms with van der Waals surface area (Å²) < 4.78 is 27.2. The topological polar surface area (TPSA) is 83.3 Å². The van der Waals surface area contributed by atoms with Crippen molar-refractivity contribution in [3.8, 4) is 34.3 Å². The molecule has 32 heavy (non-hydrogen) atoms. The van der Waals surface area contributed by atoms with Gasteiger partial charge in [0, 0.05) is 24.6 Å². The molecule has 0 unspecified atom stereocenters. The first-order valence-electron chi connectivity index (χ1n) is 10.5. The summed E-state index contributed by atoms with van der Waals surface area (Å²) in [6.07, 6.45) is 1.87. The molecule has 0 radical (unpaired) electrons. The summed E-state index contributed by atoms with van der Waals surface area (Å²) in [6.45, 7) is 1.03. The minimum Gasteiger partial charge on any atom is -0.497 e. The molecule has 1 saturated carbocycles. The maximum Gasteiger partial charge on any atom is 0.231 e. The molecule has 2 aliphatic rings. The normalized spacial score (nSPS) is 14.3. The van der Waals surface area contributed by atoms with Gasteiger partial charge in [0.2, 0.25) is 12.7 Å². The molecule has 166 valence electrons. The van der Waals surface area contributed by atoms with Crippen molar-refractivity contribution in [3.05, 3.63) is 53.7 Å². The third-order valence-electron chi connectivity index (χ3n) is 5.63. The maximum absolute atomic E-state index is 13.0. The molecule has 3 aromatic rings. The van der Waals surface area contributed by atoms with E-state index < -0.39 is 0 Å². The summed E-state index contributed by atoms with van der Waals surface area (Å²) in [4.78, 5) is 14.8. The van der Waals surface area contributed by atoms with Crippen LogP contribution < -0.4 is 18.9 Å². The van der Waals surface area contributed by atoms with E-state index in [1.54, 1.807) is 20.3 Å². The lowest BCUT2D eigenvalue weighted by molar-refractivity contribution is -0.133. The van der Waals surface area contributed by atoms with Gasteiger partial charge in [-0.25, -0.2) is 0 Å². The zero-order valence-electron chi connectivity index (χ0n) is 18.0. The van der Waals surface area contributed by atoms with Crippen LogP contribution in [-0.2, 0) is 17.9 Å². The minimum atomic E-state index is 0.0945. The third kappa shape index (κ3) is 4.08. The highest BCUT2D eigenvalue weighted by atomic mass is 16.7. The molecule has 0 saturated heterocycles. The Morgan fingerprint density at radius 1 is 1.03 bits per heavy atom. The second kappa shape index (κ2) is 8.45. The lowest BCUT2D eigenvalue weighted by Gasteiger charge is -2.22. The first-order valence-corrected chi connectivity index (χ1v) is 10.5. The number of carbonyl (C=O) groups excluding carboxylic acids is 1. The Morgan fingerprint density at radius 3 is 2.66 bits per heavy atom. The van der Waals surface area contributed by atoms with Crippen LogP contribution in [0.4, 0.5) is 0 Å². The van der Waals surface area contributed by atoms with Crippen LogP contribution in [0.25, 0.3) is 11.3 Å². The maximum atomic E-state index is 13.0. The number of carbonyl (C=O) groups is 1. The molecule has 0 bridgehead atoms. The van der Waals surface area contributed by atoms with Gasteiger partial charge in [-0.2, -0.15) is 0 Å². The molecule has 5 rings (SSSR count). The molecule has 0 atom stereocenters. The van der Waals surface area contributed by atoms with Crippen LogP contribution >= 0.6 is 0 Å². The Balaban J connectivity index is 1.37. The zero-order valence-corrected chi connectivity index (χ0v) is 18.0. The fourth-order valence-corrected chi connectivity index (χ4v) is 3.77. The number of amides is 1. The Morgan fingerprint density at radius 2 is 1.88 bits per heavy atom. The van der Waals surface area contributed by atoms with Gasteiger partial charge in [-0.15, -0.1) is 0 Å². The molecule has 8 nitrogen and oxygen atoms in total. The van der Waals surface area contributed by atoms with E-state index in [2.05, 4.69) is 5.16 Å². The highest BCUT2D eigenvalue weighted by Gasteiger charge is 2.34. The fraction of sp³-hybridized carbons (Fsp3) is 0.333. The smallest absolute Gasteiger partial charge is 0.231 e. The van der Waals surface area contributed by atoms with Gasteiger partial charge in [-0.3, -0.25) is 4.79 Å². The second-order valence-corrected chi connectivity index (χ2v) is 7.90. The predicted molar refractivity (Wildman–Crippen MR) is 115 cm³/mol. The second-order valence-electron chi connectivity index (χ2n) is 7.90. The summed E-state index contributed by atoms with van der Waals surface area (Å²) in [5, 5.41) is 4.21. The summed E-state index contributed by atoms with van der Waals surface area (Å²) in [7, 11) is 3.20. The lowest BCUT2D eigenvalue weighted by Crippen LogP contribution is -2.31. The molecular weight excluding hydrogens is 412 g/mol. The number of hydrogen-bond donors (Lipinski definition) is 0. The summed E-state index contributed by atoms with van der Waals surface area (Å²) in [5.74, 6) is 3.54. The highest BCUT2D eigenvalue weighted by Crippen LogP contribution is 2.36. The van der Waals surface area contributed by atoms with Gasteiger partial charge >= 0.3 is 0 Å². The third-order valence-corrected chi connectivity index (χ3v) is 5.63. The van der Waals surface area contributed by atoms with Gasteiger partial charge < -0.3 is 28.4 Å². The van der Waals surface area contributed by atoms with Crippen molar-refractivity contribution in [2.75, 3.05) is 21.0 Å². The van der Waals surface area contributed by atoms with Crippen molar-refractivity contribution in [1.82, 2.24) is 10.1 Å². The van der Waals surface area contributed by atoms with Crippen molar-refractivity contribution >= 4 is 5.91 Å². The molecular formula is C24H24N2O6. The van der Waals surface area contributed by atoms with E-state index in [9.17, 15) is 4.79 Å². The van der Waals surface area contributed by atoms with Crippen LogP contribution in [0.15, 0.2) is 47.0 Å². The van der Waals surface area contributed by atoms with E-state index in [-0.39, 0.29) is 18.6 Å². The Kier molecular flexibility index (Phi) is 5.34. The monoisotopic (exact) mass is 436 g/mol. The van der Waals surface area contributed by atoms with E-state index in [1.807, 2.05) is 41.3 Å². The molecule has 1 aromatic heterocycles. The van der Waals surface area contributed by atoms with E-state index in [0.29, 0.717) is 41.8 Å². The summed E-state index contributed by atoms with van der Waals surface area (Å²) in [6, 6.07) is 13.1. The molecule has 0 N–H and O–H groups in total. The van der Waals surface area contributed by atoms with E-state index in [0.717, 1.165) is 29.7 Å². The Bertz CT molecular complexity index is 1140. The van der Waals surface area contributed by atoms with Crippen molar-refractivity contribution in [1.29, 1.82) is 0 Å². The van der Waals surface area contributed by atoms with Crippen LogP contribution in [-0.4, -0.2) is 37.0 Å². The largest absolute Gasteiger partial charge is 0.497 e. The summed E-state index contributed by atoms with van der Waals surface area (Å²) >= 11 is 0. The number of hydrogen-bond acceptors (Lipinski definition) is 7. The van der Waals surface area contributed by atoms with Crippen LogP contribution in [0.1, 0.15) is 24.1 Å². The number of benzene rings is 2. The molecule has 8 heteroatoms. The van der Waals surface area contributed by atoms with Crippen molar-refractivity contribution in [3.63, 3.8) is 0 Å².